The Morgan fingerprint density at radius 3 is 2.70 bits per heavy atom. The molecule has 0 aliphatic rings. The van der Waals surface area contributed by atoms with Gasteiger partial charge in [0.15, 0.2) is 5.76 Å². The van der Waals surface area contributed by atoms with Crippen LogP contribution in [-0.4, -0.2) is 14.2 Å². The molecule has 0 unspecified atom stereocenters. The Bertz CT molecular complexity index is 733. The fraction of sp³-hybridized carbons (Fsp3) is 0. The predicted octanol–water partition coefficient (Wildman–Crippen LogP) is 1.74. The molecular formula is C13H12N2O4S. The van der Waals surface area contributed by atoms with Gasteiger partial charge in [0.25, 0.3) is 0 Å². The number of nitrogens with one attached hydrogen (secondary N) is 1. The van der Waals surface area contributed by atoms with Gasteiger partial charge in [-0.05, 0) is 30.3 Å². The van der Waals surface area contributed by atoms with E-state index in [1.807, 2.05) is 0 Å². The number of primary sulfonamides is 1. The number of allylic oxidation sites excluding steroid dienone is 1. The molecule has 104 valence electrons. The molecule has 3 N–H and O–H groups in total. The second-order valence-corrected chi connectivity index (χ2v) is 5.45. The molecule has 1 heterocycles. The first-order valence-corrected chi connectivity index (χ1v) is 7.15. The molecule has 0 fully saturated rings. The number of carbonyl (C=O) groups is 1. The summed E-state index contributed by atoms with van der Waals surface area (Å²) < 4.78 is 27.3. The number of nitrogens with two attached hydrogens (primary N) is 1. The first-order valence-electron chi connectivity index (χ1n) is 5.60. The molecule has 0 saturated heterocycles. The van der Waals surface area contributed by atoms with E-state index < -0.39 is 10.0 Å². The molecule has 1 aromatic heterocycles. The third kappa shape index (κ3) is 3.56. The summed E-state index contributed by atoms with van der Waals surface area (Å²) in [7, 11) is -3.75. The second kappa shape index (κ2) is 5.72. The Morgan fingerprint density at radius 1 is 1.25 bits per heavy atom. The summed E-state index contributed by atoms with van der Waals surface area (Å²) in [6.07, 6.45) is 4.08. The lowest BCUT2D eigenvalue weighted by Gasteiger charge is -2.03. The molecular weight excluding hydrogens is 280 g/mol. The maximum Gasteiger partial charge on any atom is 0.238 e. The minimum absolute atomic E-state index is 0.00624. The van der Waals surface area contributed by atoms with Crippen molar-refractivity contribution in [2.24, 2.45) is 5.14 Å². The standard InChI is InChI=1S/C13H12N2O4S/c14-20(17,18)11-4-1-3-10(9-11)15-7-6-12(16)13-5-2-8-19-13/h1-9,15H,(H2,14,17,18)/b7-6+. The summed E-state index contributed by atoms with van der Waals surface area (Å²) in [6, 6.07) is 9.12. The molecule has 20 heavy (non-hydrogen) atoms. The molecule has 2 rings (SSSR count). The van der Waals surface area contributed by atoms with E-state index in [9.17, 15) is 13.2 Å². The van der Waals surface area contributed by atoms with Crippen LogP contribution < -0.4 is 10.5 Å². The average molecular weight is 292 g/mol. The van der Waals surface area contributed by atoms with Gasteiger partial charge in [0, 0.05) is 18.0 Å². The monoisotopic (exact) mass is 292 g/mol. The smallest absolute Gasteiger partial charge is 0.238 e. The summed E-state index contributed by atoms with van der Waals surface area (Å²) in [4.78, 5) is 11.6. The molecule has 0 spiro atoms. The van der Waals surface area contributed by atoms with Crippen molar-refractivity contribution in [3.05, 3.63) is 60.7 Å². The number of furan rings is 1. The van der Waals surface area contributed by atoms with Crippen molar-refractivity contribution in [3.8, 4) is 0 Å². The van der Waals surface area contributed by atoms with E-state index in [0.717, 1.165) is 0 Å². The summed E-state index contributed by atoms with van der Waals surface area (Å²) in [5.74, 6) is -0.0774. The van der Waals surface area contributed by atoms with E-state index in [-0.39, 0.29) is 16.4 Å². The zero-order valence-electron chi connectivity index (χ0n) is 10.3. The lowest BCUT2D eigenvalue weighted by Crippen LogP contribution is -2.12. The van der Waals surface area contributed by atoms with Gasteiger partial charge in [-0.1, -0.05) is 6.07 Å². The van der Waals surface area contributed by atoms with Crippen LogP contribution in [0, 0.1) is 0 Å². The maximum atomic E-state index is 11.6. The van der Waals surface area contributed by atoms with Crippen molar-refractivity contribution in [2.45, 2.75) is 4.90 Å². The lowest BCUT2D eigenvalue weighted by molar-refractivity contribution is 0.102. The van der Waals surface area contributed by atoms with Gasteiger partial charge in [0.1, 0.15) is 0 Å². The highest BCUT2D eigenvalue weighted by molar-refractivity contribution is 7.89. The largest absolute Gasteiger partial charge is 0.461 e. The number of benzene rings is 1. The number of sulfonamides is 1. The molecule has 0 atom stereocenters. The van der Waals surface area contributed by atoms with Gasteiger partial charge in [-0.2, -0.15) is 0 Å². The average Bonchev–Trinajstić information content (AvgIpc) is 2.92. The first kappa shape index (κ1) is 14.0. The van der Waals surface area contributed by atoms with E-state index in [1.54, 1.807) is 24.3 Å². The highest BCUT2D eigenvalue weighted by atomic mass is 32.2. The normalized spacial score (nSPS) is 11.7. The van der Waals surface area contributed by atoms with Crippen LogP contribution in [0.3, 0.4) is 0 Å². The van der Waals surface area contributed by atoms with Crippen LogP contribution >= 0.6 is 0 Å². The number of hydrogen-bond donors (Lipinski definition) is 2. The Labute approximate surface area is 116 Å². The van der Waals surface area contributed by atoms with Gasteiger partial charge in [0.05, 0.1) is 11.2 Å². The highest BCUT2D eigenvalue weighted by Crippen LogP contribution is 2.14. The van der Waals surface area contributed by atoms with Gasteiger partial charge in [-0.3, -0.25) is 4.79 Å². The topological polar surface area (TPSA) is 102 Å². The number of hydrogen-bond acceptors (Lipinski definition) is 5. The van der Waals surface area contributed by atoms with Crippen molar-refractivity contribution in [1.29, 1.82) is 0 Å². The first-order chi connectivity index (χ1) is 9.47. The van der Waals surface area contributed by atoms with Gasteiger partial charge in [-0.15, -0.1) is 0 Å². The minimum atomic E-state index is -3.75. The molecule has 1 aromatic carbocycles. The van der Waals surface area contributed by atoms with Gasteiger partial charge in [-0.25, -0.2) is 13.6 Å². The molecule has 7 heteroatoms. The van der Waals surface area contributed by atoms with E-state index >= 15 is 0 Å². The SMILES string of the molecule is NS(=O)(=O)c1cccc(N/C=C/C(=O)c2ccco2)c1. The lowest BCUT2D eigenvalue weighted by atomic mass is 10.3. The van der Waals surface area contributed by atoms with Crippen molar-refractivity contribution >= 4 is 21.5 Å². The molecule has 0 aliphatic heterocycles. The fourth-order valence-corrected chi connectivity index (χ4v) is 2.04. The van der Waals surface area contributed by atoms with Crippen LogP contribution in [0.1, 0.15) is 10.6 Å². The summed E-state index contributed by atoms with van der Waals surface area (Å²) in [6.45, 7) is 0. The third-order valence-electron chi connectivity index (χ3n) is 2.41. The van der Waals surface area contributed by atoms with Gasteiger partial charge >= 0.3 is 0 Å². The Balaban J connectivity index is 2.06. The molecule has 6 nitrogen and oxygen atoms in total. The fourth-order valence-electron chi connectivity index (χ4n) is 1.48. The van der Waals surface area contributed by atoms with Crippen molar-refractivity contribution < 1.29 is 17.6 Å². The van der Waals surface area contributed by atoms with Crippen LogP contribution in [0.4, 0.5) is 5.69 Å². The van der Waals surface area contributed by atoms with E-state index in [1.165, 1.54) is 30.7 Å². The maximum absolute atomic E-state index is 11.6. The van der Waals surface area contributed by atoms with Crippen molar-refractivity contribution in [3.63, 3.8) is 0 Å². The van der Waals surface area contributed by atoms with E-state index in [4.69, 9.17) is 9.56 Å². The quantitative estimate of drug-likeness (QED) is 0.645. The Hall–Kier alpha value is -2.38. The predicted molar refractivity (Wildman–Crippen MR) is 73.6 cm³/mol. The molecule has 0 bridgehead atoms. The third-order valence-corrected chi connectivity index (χ3v) is 3.32. The minimum Gasteiger partial charge on any atom is -0.461 e. The molecule has 0 amide bonds. The Morgan fingerprint density at radius 2 is 2.05 bits per heavy atom. The summed E-state index contributed by atoms with van der Waals surface area (Å²) in [5, 5.41) is 7.81. The second-order valence-electron chi connectivity index (χ2n) is 3.89. The van der Waals surface area contributed by atoms with Crippen molar-refractivity contribution in [2.75, 3.05) is 5.32 Å². The zero-order chi connectivity index (χ0) is 14.6. The van der Waals surface area contributed by atoms with Crippen LogP contribution in [0.15, 0.2) is 64.2 Å². The number of ketones is 1. The van der Waals surface area contributed by atoms with E-state index in [0.29, 0.717) is 5.69 Å². The zero-order valence-corrected chi connectivity index (χ0v) is 11.1. The molecule has 0 saturated carbocycles. The number of rotatable bonds is 5. The van der Waals surface area contributed by atoms with Gasteiger partial charge in [0.2, 0.25) is 15.8 Å². The summed E-state index contributed by atoms with van der Waals surface area (Å²) in [5.41, 5.74) is 0.500. The van der Waals surface area contributed by atoms with E-state index in [2.05, 4.69) is 5.32 Å². The van der Waals surface area contributed by atoms with Gasteiger partial charge < -0.3 is 9.73 Å². The molecule has 2 aromatic rings. The van der Waals surface area contributed by atoms with Crippen LogP contribution in [0.25, 0.3) is 0 Å². The number of carbonyl (C=O) groups excluding carboxylic acids is 1. The number of anilines is 1. The molecule has 0 radical (unpaired) electrons. The van der Waals surface area contributed by atoms with Crippen LogP contribution in [0.5, 0.6) is 0 Å². The summed E-state index contributed by atoms with van der Waals surface area (Å²) >= 11 is 0. The van der Waals surface area contributed by atoms with Crippen LogP contribution in [0.2, 0.25) is 0 Å². The Kier molecular flexibility index (Phi) is 4.02. The molecule has 0 aliphatic carbocycles. The van der Waals surface area contributed by atoms with Crippen LogP contribution in [-0.2, 0) is 10.0 Å². The highest BCUT2D eigenvalue weighted by Gasteiger charge is 2.07. The van der Waals surface area contributed by atoms with Crippen molar-refractivity contribution in [1.82, 2.24) is 0 Å².